The minimum atomic E-state index is -0.969. The molecule has 9 aliphatic carbocycles. The SMILES string of the molecule is O=COc1nn(-c2cc(Cl)c(Oc3n[nH]c(=O)c4c3C3CCC4CC3)c(Cl)c2)c(=O)[nH]c1=O.O=c1cnn(-c2cc(Cl)c(Oc3n[nH]c(=O)c4c3C3CCC4CC3)c(Cl)c2)c(=O)[nH]1.[C-]#[N+]c1nn(-c2cc(Cl)c(Oc3n[nH]c(=O)c4c3C3CCC4CC3)c(Cl)c2)c(=O)[nH]c1=O. The van der Waals surface area contributed by atoms with Gasteiger partial charge in [0.2, 0.25) is 17.6 Å². The number of ether oxygens (including phenoxy) is 4. The molecule has 30 nitrogen and oxygen atoms in total. The Hall–Kier alpha value is -9.77. The molecule has 0 atom stereocenters. The highest BCUT2D eigenvalue weighted by Gasteiger charge is 2.41. The summed E-state index contributed by atoms with van der Waals surface area (Å²) in [6, 6.07) is 8.30. The number of aromatic nitrogens is 15. The lowest BCUT2D eigenvalue weighted by Crippen LogP contribution is -2.32. The van der Waals surface area contributed by atoms with Gasteiger partial charge in [-0.25, -0.2) is 29.7 Å². The van der Waals surface area contributed by atoms with E-state index in [4.69, 9.17) is 90.4 Å². The maximum absolute atomic E-state index is 12.4. The monoisotopic (exact) mass is 1410 g/mol. The smallest absolute Gasteiger partial charge is 0.365 e. The number of nitrogens with one attached hydrogen (secondary N) is 6. The Bertz CT molecular complexity index is 5230. The van der Waals surface area contributed by atoms with Gasteiger partial charge in [-0.3, -0.25) is 48.5 Å². The number of hydrogen-bond donors (Lipinski definition) is 6. The number of aromatic amines is 6. The van der Waals surface area contributed by atoms with Crippen molar-refractivity contribution in [2.45, 2.75) is 113 Å². The van der Waals surface area contributed by atoms with Crippen molar-refractivity contribution in [1.29, 1.82) is 0 Å². The van der Waals surface area contributed by atoms with Crippen molar-refractivity contribution in [2.24, 2.45) is 0 Å². The number of carbonyl (C=O) groups is 1. The lowest BCUT2D eigenvalue weighted by molar-refractivity contribution is -0.121. The first-order chi connectivity index (χ1) is 45.7. The first-order valence-corrected chi connectivity index (χ1v) is 31.5. The van der Waals surface area contributed by atoms with E-state index in [-0.39, 0.29) is 141 Å². The van der Waals surface area contributed by atoms with Gasteiger partial charge in [0.25, 0.3) is 34.3 Å². The minimum Gasteiger partial charge on any atom is -0.434 e. The van der Waals surface area contributed by atoms with Crippen LogP contribution in [0.3, 0.4) is 0 Å². The highest BCUT2D eigenvalue weighted by atomic mass is 35.5. The van der Waals surface area contributed by atoms with Crippen LogP contribution in [-0.2, 0) is 4.79 Å². The molecule has 95 heavy (non-hydrogen) atoms. The second-order valence-corrected chi connectivity index (χ2v) is 25.3. The third-order valence-electron chi connectivity index (χ3n) is 17.6. The summed E-state index contributed by atoms with van der Waals surface area (Å²) >= 11 is 38.4. The van der Waals surface area contributed by atoms with E-state index in [9.17, 15) is 47.9 Å². The third kappa shape index (κ3) is 12.1. The maximum Gasteiger partial charge on any atom is 0.365 e. The number of H-pyrrole nitrogens is 6. The van der Waals surface area contributed by atoms with Crippen LogP contribution in [0.5, 0.6) is 40.8 Å². The lowest BCUT2D eigenvalue weighted by Gasteiger charge is -2.37. The molecular weight excluding hydrogens is 1370 g/mol. The second kappa shape index (κ2) is 25.9. The summed E-state index contributed by atoms with van der Waals surface area (Å²) in [5.74, 6) is 1.12. The molecule has 0 aliphatic heterocycles. The molecule has 0 spiro atoms. The molecule has 9 aromatic rings. The van der Waals surface area contributed by atoms with Crippen molar-refractivity contribution < 1.29 is 23.7 Å². The van der Waals surface area contributed by atoms with Crippen molar-refractivity contribution in [1.82, 2.24) is 74.9 Å². The summed E-state index contributed by atoms with van der Waals surface area (Å²) in [5.41, 5.74) is -0.471. The van der Waals surface area contributed by atoms with Gasteiger partial charge in [-0.2, -0.15) is 14.5 Å². The summed E-state index contributed by atoms with van der Waals surface area (Å²) in [4.78, 5) is 128. The number of fused-ring (bicyclic) bond motifs is 6. The number of carbonyl (C=O) groups excluding carboxylic acids is 1. The van der Waals surface area contributed by atoms with Crippen LogP contribution in [-0.4, -0.2) is 81.4 Å². The molecule has 6 heterocycles. The van der Waals surface area contributed by atoms with E-state index in [1.165, 1.54) is 36.4 Å². The first kappa shape index (κ1) is 64.0. The highest BCUT2D eigenvalue weighted by molar-refractivity contribution is 6.38. The van der Waals surface area contributed by atoms with Gasteiger partial charge in [-0.05, 0) is 154 Å². The zero-order valence-corrected chi connectivity index (χ0v) is 53.1. The van der Waals surface area contributed by atoms with E-state index in [0.717, 1.165) is 125 Å². The molecule has 6 bridgehead atoms. The van der Waals surface area contributed by atoms with Gasteiger partial charge in [0.15, 0.2) is 17.2 Å². The topological polar surface area (TPSA) is 399 Å². The average Bonchev–Trinajstić information content (AvgIpc) is 0.766. The normalized spacial score (nSPS) is 19.0. The van der Waals surface area contributed by atoms with E-state index in [2.05, 4.69) is 60.5 Å². The predicted octanol–water partition coefficient (Wildman–Crippen LogP) is 8.66. The van der Waals surface area contributed by atoms with Crippen LogP contribution in [0, 0.1) is 6.57 Å². The summed E-state index contributed by atoms with van der Waals surface area (Å²) in [6.07, 6.45) is 12.6. The Labute approximate surface area is 558 Å². The van der Waals surface area contributed by atoms with Crippen molar-refractivity contribution in [3.05, 3.63) is 211 Å². The van der Waals surface area contributed by atoms with Crippen LogP contribution in [0.25, 0.3) is 21.9 Å². The molecule has 3 saturated carbocycles. The van der Waals surface area contributed by atoms with Gasteiger partial charge in [0.05, 0.1) is 47.2 Å². The van der Waals surface area contributed by atoms with Crippen molar-refractivity contribution in [2.75, 3.05) is 0 Å². The zero-order chi connectivity index (χ0) is 66.8. The number of nitrogens with zero attached hydrogens (tertiary/aromatic N) is 10. The van der Waals surface area contributed by atoms with Crippen LogP contribution in [0.1, 0.15) is 146 Å². The van der Waals surface area contributed by atoms with Gasteiger partial charge < -0.3 is 23.8 Å². The third-order valence-corrected chi connectivity index (χ3v) is 19.3. The molecule has 486 valence electrons. The Balaban J connectivity index is 0.000000129. The van der Waals surface area contributed by atoms with Crippen molar-refractivity contribution in [3.63, 3.8) is 0 Å². The fourth-order valence-electron chi connectivity index (χ4n) is 13.5. The predicted molar refractivity (Wildman–Crippen MR) is 341 cm³/mol. The minimum absolute atomic E-state index is 0.00776. The van der Waals surface area contributed by atoms with E-state index in [1.54, 1.807) is 0 Å². The van der Waals surface area contributed by atoms with Crippen LogP contribution >= 0.6 is 69.6 Å². The molecule has 3 aromatic carbocycles. The Morgan fingerprint density at radius 3 is 1.07 bits per heavy atom. The summed E-state index contributed by atoms with van der Waals surface area (Å²) in [7, 11) is 0. The molecule has 0 amide bonds. The molecule has 18 rings (SSSR count). The van der Waals surface area contributed by atoms with Gasteiger partial charge in [-0.1, -0.05) is 76.2 Å². The van der Waals surface area contributed by atoms with Crippen molar-refractivity contribution >= 4 is 81.9 Å². The molecule has 0 radical (unpaired) electrons. The Morgan fingerprint density at radius 2 is 0.737 bits per heavy atom. The summed E-state index contributed by atoms with van der Waals surface area (Å²) in [6.45, 7) is 7.02. The standard InChI is InChI=1S/C20H14Cl2N6O4.C20H15Cl2N5O6.C19H15Cl2N5O4/c1-23-16-18(30)24-20(31)28(27-16)10-6-11(21)15(12(22)7-10)32-19-14-9-4-2-8(3-5-9)13(14)17(29)25-26-19;21-11-5-10(27-20(31)23-17(30)19(26-27)32-7-28)6-12(22)15(11)33-18-14-9-3-1-8(2-4-9)13(14)16(29)24-25-18;20-11-5-10(26-19(29)23-13(27)7-22-26)6-12(21)16(11)30-18-15-9-3-1-8(2-4-9)14(15)17(28)24-25-18/h6-9H,2-5H2,(H,25,29)(H,24,30,31);5-9H,1-4H2,(H,24,29)(H,23,30,31);5-9H,1-4H2,(H,24,28)(H,23,27,29). The fraction of sp³-hybridized carbons (Fsp3) is 0.305. The number of hydrogen-bond acceptors (Lipinski definition) is 20. The molecule has 36 heteroatoms. The molecule has 3 fully saturated rings. The number of benzene rings is 3. The van der Waals surface area contributed by atoms with Crippen LogP contribution < -0.4 is 69.4 Å². The van der Waals surface area contributed by atoms with Gasteiger partial charge in [0, 0.05) is 33.4 Å². The van der Waals surface area contributed by atoms with Gasteiger partial charge in [0.1, 0.15) is 6.20 Å². The largest absolute Gasteiger partial charge is 0.434 e. The summed E-state index contributed by atoms with van der Waals surface area (Å²) < 4.78 is 24.9. The Kier molecular flexibility index (Phi) is 17.4. The van der Waals surface area contributed by atoms with E-state index in [0.29, 0.717) is 5.56 Å². The molecular formula is C59H44Cl6N16O14. The van der Waals surface area contributed by atoms with Gasteiger partial charge >= 0.3 is 34.3 Å². The molecule has 0 saturated heterocycles. The summed E-state index contributed by atoms with van der Waals surface area (Å²) in [5, 5.41) is 31.5. The fourth-order valence-corrected chi connectivity index (χ4v) is 15.1. The van der Waals surface area contributed by atoms with Crippen LogP contribution in [0.2, 0.25) is 30.1 Å². The molecule has 6 N–H and O–H groups in total. The molecule has 6 aromatic heterocycles. The van der Waals surface area contributed by atoms with Crippen molar-refractivity contribution in [3.8, 4) is 57.8 Å². The maximum atomic E-state index is 12.4. The van der Waals surface area contributed by atoms with E-state index >= 15 is 0 Å². The molecule has 9 aliphatic rings. The zero-order valence-electron chi connectivity index (χ0n) is 48.5. The lowest BCUT2D eigenvalue weighted by atomic mass is 9.68. The van der Waals surface area contributed by atoms with E-state index in [1.807, 2.05) is 9.97 Å². The quantitative estimate of drug-likeness (QED) is 0.0521. The second-order valence-electron chi connectivity index (χ2n) is 22.9. The van der Waals surface area contributed by atoms with Gasteiger partial charge in [-0.15, -0.1) is 25.1 Å². The van der Waals surface area contributed by atoms with Crippen LogP contribution in [0.4, 0.5) is 5.82 Å². The number of halogens is 6. The average molecular weight is 1410 g/mol. The first-order valence-electron chi connectivity index (χ1n) is 29.2. The van der Waals surface area contributed by atoms with E-state index < -0.39 is 45.4 Å². The highest BCUT2D eigenvalue weighted by Crippen LogP contribution is 2.55. The van der Waals surface area contributed by atoms with Crippen LogP contribution in [0.15, 0.2) is 85.7 Å². The Morgan fingerprint density at radius 1 is 0.421 bits per heavy atom. The number of rotatable bonds is 11. The molecule has 0 unspecified atom stereocenters.